The van der Waals surface area contributed by atoms with E-state index in [2.05, 4.69) is 133 Å². The van der Waals surface area contributed by atoms with Gasteiger partial charge in [0, 0.05) is 13.2 Å². The minimum Gasteiger partial charge on any atom is -0.381 e. The summed E-state index contributed by atoms with van der Waals surface area (Å²) < 4.78 is 4.94. The molecule has 1 heterocycles. The van der Waals surface area contributed by atoms with Crippen LogP contribution >= 0.6 is 0 Å². The van der Waals surface area contributed by atoms with E-state index in [1.54, 1.807) is 0 Å². The Kier molecular flexibility index (Phi) is 11.1. The largest absolute Gasteiger partial charge is 1.00 e. The molecule has 3 heteroatoms. The zero-order valence-electron chi connectivity index (χ0n) is 23.9. The van der Waals surface area contributed by atoms with Crippen LogP contribution in [0.1, 0.15) is 12.8 Å². The van der Waals surface area contributed by atoms with E-state index in [4.69, 9.17) is 4.74 Å². The third-order valence-electron chi connectivity index (χ3n) is 7.91. The third-order valence-corrected chi connectivity index (χ3v) is 7.91. The molecule has 0 amide bonds. The standard InChI is InChI=1S/2C17H11.C4H8O.2K/c2*1-3-8-14-12(6-1)13-7-2-4-9-15(13)17-11-5-10-16(14)17;1-2-4-5-3-1;;/h2*1-11H;1-4H2;;/q2*-1;;2*+1. The minimum atomic E-state index is 0. The van der Waals surface area contributed by atoms with Crippen LogP contribution < -0.4 is 103 Å². The zero-order valence-corrected chi connectivity index (χ0v) is 30.2. The zero-order chi connectivity index (χ0) is 26.0. The summed E-state index contributed by atoms with van der Waals surface area (Å²) in [5, 5.41) is 16.2. The van der Waals surface area contributed by atoms with Crippen molar-refractivity contribution in [2.24, 2.45) is 0 Å². The molecular weight excluding hydrogens is 551 g/mol. The van der Waals surface area contributed by atoms with Crippen molar-refractivity contribution in [1.29, 1.82) is 0 Å². The topological polar surface area (TPSA) is 9.23 Å². The average molecular weight is 581 g/mol. The second-order valence-electron chi connectivity index (χ2n) is 10.2. The average Bonchev–Trinajstić information content (AvgIpc) is 3.82. The van der Waals surface area contributed by atoms with Gasteiger partial charge in [0.15, 0.2) is 0 Å². The van der Waals surface area contributed by atoms with Crippen LogP contribution in [0.3, 0.4) is 0 Å². The summed E-state index contributed by atoms with van der Waals surface area (Å²) in [6, 6.07) is 47.8. The van der Waals surface area contributed by atoms with Crippen molar-refractivity contribution in [2.45, 2.75) is 12.8 Å². The number of hydrogen-bond acceptors (Lipinski definition) is 1. The van der Waals surface area contributed by atoms with Crippen LogP contribution in [-0.4, -0.2) is 13.2 Å². The minimum absolute atomic E-state index is 0. The van der Waals surface area contributed by atoms with Gasteiger partial charge >= 0.3 is 103 Å². The Morgan fingerprint density at radius 3 is 0.927 bits per heavy atom. The number of hydrogen-bond donors (Lipinski definition) is 0. The Morgan fingerprint density at radius 1 is 0.366 bits per heavy atom. The molecule has 1 aliphatic rings. The molecule has 1 saturated heterocycles. The molecule has 8 aromatic carbocycles. The van der Waals surface area contributed by atoms with Gasteiger partial charge in [0.2, 0.25) is 0 Å². The van der Waals surface area contributed by atoms with E-state index in [0.717, 1.165) is 13.2 Å². The van der Waals surface area contributed by atoms with E-state index in [0.29, 0.717) is 0 Å². The summed E-state index contributed by atoms with van der Waals surface area (Å²) in [7, 11) is 0. The molecule has 1 fully saturated rings. The van der Waals surface area contributed by atoms with Gasteiger partial charge < -0.3 is 4.74 Å². The third kappa shape index (κ3) is 6.24. The summed E-state index contributed by atoms with van der Waals surface area (Å²) in [6.45, 7) is 2.00. The van der Waals surface area contributed by atoms with Gasteiger partial charge in [-0.05, 0) is 23.6 Å². The summed E-state index contributed by atoms with van der Waals surface area (Å²) >= 11 is 0. The summed E-state index contributed by atoms with van der Waals surface area (Å²) in [5.41, 5.74) is 0. The summed E-state index contributed by atoms with van der Waals surface area (Å²) in [6.07, 6.45) is 2.56. The van der Waals surface area contributed by atoms with Gasteiger partial charge in [-0.1, -0.05) is 129 Å². The first kappa shape index (κ1) is 31.2. The molecule has 0 saturated carbocycles. The fraction of sp³-hybridized carbons (Fsp3) is 0.105. The quantitative estimate of drug-likeness (QED) is 0.146. The maximum absolute atomic E-state index is 4.94. The first-order valence-corrected chi connectivity index (χ1v) is 13.9. The van der Waals surface area contributed by atoms with Crippen LogP contribution in [0, 0.1) is 0 Å². The predicted octanol–water partition coefficient (Wildman–Crippen LogP) is 4.54. The van der Waals surface area contributed by atoms with Crippen molar-refractivity contribution in [3.63, 3.8) is 0 Å². The molecule has 1 nitrogen and oxygen atoms in total. The van der Waals surface area contributed by atoms with Crippen molar-refractivity contribution >= 4 is 64.6 Å². The Hall–Kier alpha value is -1.19. The first-order valence-electron chi connectivity index (χ1n) is 13.9. The van der Waals surface area contributed by atoms with Gasteiger partial charge in [-0.3, -0.25) is 0 Å². The van der Waals surface area contributed by atoms with E-state index in [-0.39, 0.29) is 103 Å². The number of benzene rings is 6. The Bertz CT molecular complexity index is 1770. The molecule has 0 spiro atoms. The van der Waals surface area contributed by atoms with E-state index in [1.165, 1.54) is 77.5 Å². The van der Waals surface area contributed by atoms with Crippen LogP contribution in [0.25, 0.3) is 64.6 Å². The second-order valence-corrected chi connectivity index (χ2v) is 10.2. The van der Waals surface area contributed by atoms with Gasteiger partial charge in [-0.25, -0.2) is 0 Å². The molecule has 0 aromatic heterocycles. The molecule has 0 aliphatic carbocycles. The van der Waals surface area contributed by atoms with Crippen LogP contribution in [0.15, 0.2) is 133 Å². The fourth-order valence-corrected chi connectivity index (χ4v) is 6.10. The first-order chi connectivity index (χ1) is 19.4. The molecule has 41 heavy (non-hydrogen) atoms. The van der Waals surface area contributed by atoms with Crippen molar-refractivity contribution in [1.82, 2.24) is 0 Å². The second kappa shape index (κ2) is 14.5. The monoisotopic (exact) mass is 580 g/mol. The maximum Gasteiger partial charge on any atom is 1.00 e. The number of rotatable bonds is 0. The molecule has 0 N–H and O–H groups in total. The van der Waals surface area contributed by atoms with Crippen LogP contribution in [0.4, 0.5) is 0 Å². The molecule has 190 valence electrons. The predicted molar refractivity (Wildman–Crippen MR) is 169 cm³/mol. The van der Waals surface area contributed by atoms with Crippen molar-refractivity contribution in [3.8, 4) is 0 Å². The van der Waals surface area contributed by atoms with Gasteiger partial charge in [-0.2, -0.15) is 24.3 Å². The van der Waals surface area contributed by atoms with Crippen LogP contribution in [0.5, 0.6) is 0 Å². The molecular formula is C38H30K2O. The number of ether oxygens (including phenoxy) is 1. The van der Waals surface area contributed by atoms with E-state index in [9.17, 15) is 0 Å². The normalized spacial score (nSPS) is 12.5. The Balaban J connectivity index is 0.000000135. The van der Waals surface area contributed by atoms with E-state index in [1.807, 2.05) is 0 Å². The Morgan fingerprint density at radius 2 is 0.634 bits per heavy atom. The van der Waals surface area contributed by atoms with Crippen LogP contribution in [-0.2, 0) is 4.74 Å². The van der Waals surface area contributed by atoms with Crippen LogP contribution in [0.2, 0.25) is 0 Å². The van der Waals surface area contributed by atoms with Crippen molar-refractivity contribution < 1.29 is 108 Å². The molecule has 1 aliphatic heterocycles. The molecule has 0 radical (unpaired) electrons. The summed E-state index contributed by atoms with van der Waals surface area (Å²) in [4.78, 5) is 0. The number of fused-ring (bicyclic) bond motifs is 12. The van der Waals surface area contributed by atoms with Crippen molar-refractivity contribution in [2.75, 3.05) is 13.2 Å². The van der Waals surface area contributed by atoms with E-state index < -0.39 is 0 Å². The maximum atomic E-state index is 4.94. The van der Waals surface area contributed by atoms with E-state index >= 15 is 0 Å². The molecule has 0 bridgehead atoms. The van der Waals surface area contributed by atoms with Gasteiger partial charge in [0.1, 0.15) is 0 Å². The molecule has 9 rings (SSSR count). The van der Waals surface area contributed by atoms with Gasteiger partial charge in [-0.15, -0.1) is 33.7 Å². The fourth-order valence-electron chi connectivity index (χ4n) is 6.10. The molecule has 0 unspecified atom stereocenters. The SMILES string of the molecule is C1CCOC1.[K+].[K+].c1ccc2c(c1)c1ccccc1c1[cH-]ccc21.c1ccc2c(c1)c1ccccc1c1[cH-]ccc21. The smallest absolute Gasteiger partial charge is 0.381 e. The Labute approximate surface area is 326 Å². The molecule has 0 atom stereocenters. The van der Waals surface area contributed by atoms with Gasteiger partial charge in [0.05, 0.1) is 0 Å². The van der Waals surface area contributed by atoms with Gasteiger partial charge in [0.25, 0.3) is 0 Å². The van der Waals surface area contributed by atoms with Crippen molar-refractivity contribution in [3.05, 3.63) is 133 Å². The molecule has 8 aromatic rings. The summed E-state index contributed by atoms with van der Waals surface area (Å²) in [5.74, 6) is 0.